The third kappa shape index (κ3) is 7.55. The first-order valence-electron chi connectivity index (χ1n) is 12.0. The maximum atomic E-state index is 13.8. The number of benzene rings is 3. The second-order valence-corrected chi connectivity index (χ2v) is 12.2. The van der Waals surface area contributed by atoms with E-state index < -0.39 is 45.8 Å². The number of sulfonamides is 1. The summed E-state index contributed by atoms with van der Waals surface area (Å²) in [4.78, 5) is 28.1. The molecule has 0 aromatic heterocycles. The molecule has 7 nitrogen and oxygen atoms in total. The number of rotatable bonds is 9. The Balaban J connectivity index is 2.00. The minimum atomic E-state index is -4.18. The summed E-state index contributed by atoms with van der Waals surface area (Å²) in [5.74, 6) is -1.44. The molecule has 0 unspecified atom stereocenters. The van der Waals surface area contributed by atoms with Crippen molar-refractivity contribution in [1.82, 2.24) is 10.2 Å². The van der Waals surface area contributed by atoms with Crippen LogP contribution in [0.3, 0.4) is 0 Å². The van der Waals surface area contributed by atoms with E-state index in [9.17, 15) is 22.4 Å². The van der Waals surface area contributed by atoms with Crippen LogP contribution in [0.25, 0.3) is 0 Å². The van der Waals surface area contributed by atoms with E-state index in [1.807, 2.05) is 20.8 Å². The van der Waals surface area contributed by atoms with E-state index >= 15 is 0 Å². The van der Waals surface area contributed by atoms with Crippen LogP contribution >= 0.6 is 11.6 Å². The summed E-state index contributed by atoms with van der Waals surface area (Å²) in [5.41, 5.74) is 0.315. The second kappa shape index (κ2) is 12.0. The van der Waals surface area contributed by atoms with E-state index in [4.69, 9.17) is 11.6 Å². The molecule has 1 N–H and O–H groups in total. The molecule has 1 atom stereocenters. The van der Waals surface area contributed by atoms with Gasteiger partial charge in [-0.25, -0.2) is 12.8 Å². The Morgan fingerprint density at radius 2 is 1.53 bits per heavy atom. The molecule has 0 radical (unpaired) electrons. The number of hydrogen-bond donors (Lipinski definition) is 1. The van der Waals surface area contributed by atoms with E-state index in [1.165, 1.54) is 53.4 Å². The van der Waals surface area contributed by atoms with Crippen LogP contribution in [0.4, 0.5) is 10.1 Å². The molecule has 3 aromatic carbocycles. The highest BCUT2D eigenvalue weighted by atomic mass is 35.5. The molecule has 202 valence electrons. The Kier molecular flexibility index (Phi) is 9.17. The lowest BCUT2D eigenvalue weighted by atomic mass is 10.1. The number of para-hydroxylation sites is 1. The summed E-state index contributed by atoms with van der Waals surface area (Å²) in [7, 11) is -4.18. The fourth-order valence-corrected chi connectivity index (χ4v) is 5.24. The molecule has 0 heterocycles. The molecule has 0 bridgehead atoms. The quantitative estimate of drug-likeness (QED) is 0.399. The predicted molar refractivity (Wildman–Crippen MR) is 147 cm³/mol. The van der Waals surface area contributed by atoms with Gasteiger partial charge in [0.05, 0.1) is 10.6 Å². The van der Waals surface area contributed by atoms with Gasteiger partial charge in [0, 0.05) is 17.1 Å². The number of halogens is 2. The number of carbonyl (C=O) groups excluding carboxylic acids is 2. The first-order chi connectivity index (χ1) is 17.8. The zero-order chi connectivity index (χ0) is 28.1. The van der Waals surface area contributed by atoms with Crippen molar-refractivity contribution in [3.63, 3.8) is 0 Å². The fraction of sp³-hybridized carbons (Fsp3) is 0.286. The van der Waals surface area contributed by atoms with Crippen molar-refractivity contribution in [2.45, 2.75) is 50.7 Å². The second-order valence-electron chi connectivity index (χ2n) is 9.86. The molecule has 3 rings (SSSR count). The van der Waals surface area contributed by atoms with Crippen LogP contribution in [-0.4, -0.2) is 43.3 Å². The van der Waals surface area contributed by atoms with Gasteiger partial charge in [0.25, 0.3) is 10.0 Å². The number of nitrogens with zero attached hydrogens (tertiary/aromatic N) is 2. The summed E-state index contributed by atoms with van der Waals surface area (Å²) >= 11 is 5.95. The van der Waals surface area contributed by atoms with Gasteiger partial charge < -0.3 is 10.2 Å². The number of nitrogens with one attached hydrogen (secondary N) is 1. The standard InChI is InChI=1S/C28H31ClFN3O4S/c1-20(27(35)31-28(2,3)4)32(18-21-10-14-23(30)15-11-21)26(34)19-33(24-8-6-5-7-9-24)38(36,37)25-16-12-22(29)13-17-25/h5-17,20H,18-19H2,1-4H3,(H,31,35)/t20-/m1/s1. The zero-order valence-electron chi connectivity index (χ0n) is 21.7. The Morgan fingerprint density at radius 1 is 0.947 bits per heavy atom. The largest absolute Gasteiger partial charge is 0.350 e. The zero-order valence-corrected chi connectivity index (χ0v) is 23.3. The molecule has 0 aliphatic rings. The van der Waals surface area contributed by atoms with Crippen LogP contribution < -0.4 is 9.62 Å². The monoisotopic (exact) mass is 559 g/mol. The Hall–Kier alpha value is -3.43. The van der Waals surface area contributed by atoms with E-state index in [0.29, 0.717) is 10.6 Å². The molecule has 2 amide bonds. The van der Waals surface area contributed by atoms with Crippen molar-refractivity contribution in [2.24, 2.45) is 0 Å². The highest BCUT2D eigenvalue weighted by Crippen LogP contribution is 2.25. The van der Waals surface area contributed by atoms with E-state index in [1.54, 1.807) is 37.3 Å². The van der Waals surface area contributed by atoms with Crippen molar-refractivity contribution >= 4 is 39.1 Å². The topological polar surface area (TPSA) is 86.8 Å². The first-order valence-corrected chi connectivity index (χ1v) is 13.8. The lowest BCUT2D eigenvalue weighted by molar-refractivity contribution is -0.140. The van der Waals surface area contributed by atoms with Gasteiger partial charge in [-0.05, 0) is 81.8 Å². The third-order valence-electron chi connectivity index (χ3n) is 5.66. The van der Waals surface area contributed by atoms with Crippen LogP contribution in [0.2, 0.25) is 5.02 Å². The van der Waals surface area contributed by atoms with Crippen molar-refractivity contribution in [3.8, 4) is 0 Å². The van der Waals surface area contributed by atoms with Crippen LogP contribution in [0, 0.1) is 5.82 Å². The first kappa shape index (κ1) is 29.1. The molecule has 0 aliphatic carbocycles. The lowest BCUT2D eigenvalue weighted by Gasteiger charge is -2.33. The highest BCUT2D eigenvalue weighted by molar-refractivity contribution is 7.92. The van der Waals surface area contributed by atoms with Gasteiger partial charge in [-0.2, -0.15) is 0 Å². The van der Waals surface area contributed by atoms with Crippen LogP contribution in [-0.2, 0) is 26.2 Å². The lowest BCUT2D eigenvalue weighted by Crippen LogP contribution is -2.54. The van der Waals surface area contributed by atoms with Crippen LogP contribution in [0.5, 0.6) is 0 Å². The van der Waals surface area contributed by atoms with E-state index in [2.05, 4.69) is 5.32 Å². The molecule has 3 aromatic rings. The fourth-order valence-electron chi connectivity index (χ4n) is 3.70. The van der Waals surface area contributed by atoms with Gasteiger partial charge in [-0.15, -0.1) is 0 Å². The molecule has 0 fully saturated rings. The predicted octanol–water partition coefficient (Wildman–Crippen LogP) is 5.01. The van der Waals surface area contributed by atoms with Crippen LogP contribution in [0.1, 0.15) is 33.3 Å². The number of amides is 2. The maximum Gasteiger partial charge on any atom is 0.264 e. The van der Waals surface area contributed by atoms with Gasteiger partial charge in [0.15, 0.2) is 0 Å². The minimum absolute atomic E-state index is 0.0263. The number of anilines is 1. The average Bonchev–Trinajstić information content (AvgIpc) is 2.86. The number of hydrogen-bond acceptors (Lipinski definition) is 4. The molecular weight excluding hydrogens is 529 g/mol. The van der Waals surface area contributed by atoms with Gasteiger partial charge in [0.1, 0.15) is 18.4 Å². The van der Waals surface area contributed by atoms with Crippen molar-refractivity contribution in [3.05, 3.63) is 95.3 Å². The summed E-state index contributed by atoms with van der Waals surface area (Å²) in [6, 6.07) is 18.5. The summed E-state index contributed by atoms with van der Waals surface area (Å²) < 4.78 is 41.9. The maximum absolute atomic E-state index is 13.8. The smallest absolute Gasteiger partial charge is 0.264 e. The molecule has 38 heavy (non-hydrogen) atoms. The van der Waals surface area contributed by atoms with Crippen molar-refractivity contribution < 1.29 is 22.4 Å². The van der Waals surface area contributed by atoms with Gasteiger partial charge in [-0.3, -0.25) is 13.9 Å². The van der Waals surface area contributed by atoms with Gasteiger partial charge in [0.2, 0.25) is 11.8 Å². The molecule has 0 saturated carbocycles. The summed E-state index contributed by atoms with van der Waals surface area (Å²) in [6.07, 6.45) is 0. The van der Waals surface area contributed by atoms with Crippen molar-refractivity contribution in [2.75, 3.05) is 10.8 Å². The van der Waals surface area contributed by atoms with Crippen LogP contribution in [0.15, 0.2) is 83.8 Å². The highest BCUT2D eigenvalue weighted by Gasteiger charge is 2.33. The molecular formula is C28H31ClFN3O4S. The Morgan fingerprint density at radius 3 is 2.08 bits per heavy atom. The van der Waals surface area contributed by atoms with E-state index in [-0.39, 0.29) is 17.1 Å². The van der Waals surface area contributed by atoms with Crippen molar-refractivity contribution in [1.29, 1.82) is 0 Å². The molecule has 0 aliphatic heterocycles. The minimum Gasteiger partial charge on any atom is -0.350 e. The van der Waals surface area contributed by atoms with Gasteiger partial charge in [-0.1, -0.05) is 41.9 Å². The molecule has 0 spiro atoms. The molecule has 10 heteroatoms. The Bertz CT molecular complexity index is 1360. The van der Waals surface area contributed by atoms with E-state index in [0.717, 1.165) is 4.31 Å². The number of carbonyl (C=O) groups is 2. The SMILES string of the molecule is C[C@H](C(=O)NC(C)(C)C)N(Cc1ccc(F)cc1)C(=O)CN(c1ccccc1)S(=O)(=O)c1ccc(Cl)cc1. The normalized spacial score (nSPS) is 12.5. The summed E-state index contributed by atoms with van der Waals surface area (Å²) in [6.45, 7) is 6.44. The molecule has 0 saturated heterocycles. The van der Waals surface area contributed by atoms with Gasteiger partial charge >= 0.3 is 0 Å². The third-order valence-corrected chi connectivity index (χ3v) is 7.70. The average molecular weight is 560 g/mol. The summed E-state index contributed by atoms with van der Waals surface area (Å²) in [5, 5.41) is 3.23. The Labute approximate surface area is 228 Å².